The van der Waals surface area contributed by atoms with Gasteiger partial charge in [0.2, 0.25) is 6.10 Å². The molecule has 6 nitrogen and oxygen atoms in total. The zero-order chi connectivity index (χ0) is 21.8. The second kappa shape index (κ2) is 8.83. The number of aromatic nitrogens is 1. The molecular weight excluding hydrogens is 392 g/mol. The quantitative estimate of drug-likeness (QED) is 0.453. The highest BCUT2D eigenvalue weighted by atomic mass is 16.5. The van der Waals surface area contributed by atoms with Gasteiger partial charge in [0.25, 0.3) is 5.91 Å². The summed E-state index contributed by atoms with van der Waals surface area (Å²) in [5, 5.41) is 7.61. The number of anilines is 1. The Morgan fingerprint density at radius 1 is 1.00 bits per heavy atom. The zero-order valence-corrected chi connectivity index (χ0v) is 17.3. The number of rotatable bonds is 6. The van der Waals surface area contributed by atoms with Crippen LogP contribution in [0.5, 0.6) is 0 Å². The van der Waals surface area contributed by atoms with Crippen molar-refractivity contribution in [1.29, 1.82) is 0 Å². The minimum atomic E-state index is -1.09. The molecule has 0 aliphatic rings. The van der Waals surface area contributed by atoms with Crippen LogP contribution in [0.3, 0.4) is 0 Å². The van der Waals surface area contributed by atoms with Gasteiger partial charge in [0.15, 0.2) is 5.58 Å². The van der Waals surface area contributed by atoms with Crippen LogP contribution in [0.25, 0.3) is 11.0 Å². The molecule has 1 heterocycles. The standard InChI is InChI=1S/C25H22N2O4/c1-16-12-13-17(2)20(14-16)26-25(29)24(18-8-4-3-5-9-18)30-23(28)15-21-19-10-6-7-11-22(19)31-27-21/h3-14,24H,15H2,1-2H3,(H,26,29)/t24-/m1/s1. The molecule has 0 unspecified atom stereocenters. The van der Waals surface area contributed by atoms with Crippen molar-refractivity contribution in [3.05, 3.63) is 95.2 Å². The van der Waals surface area contributed by atoms with Crippen LogP contribution in [-0.4, -0.2) is 17.0 Å². The van der Waals surface area contributed by atoms with Crippen LogP contribution in [-0.2, 0) is 20.7 Å². The van der Waals surface area contributed by atoms with Crippen molar-refractivity contribution in [2.24, 2.45) is 0 Å². The van der Waals surface area contributed by atoms with Gasteiger partial charge in [-0.1, -0.05) is 59.8 Å². The number of ether oxygens (including phenoxy) is 1. The molecule has 0 aliphatic heterocycles. The number of esters is 1. The van der Waals surface area contributed by atoms with Gasteiger partial charge in [0.1, 0.15) is 5.69 Å². The topological polar surface area (TPSA) is 81.4 Å². The highest BCUT2D eigenvalue weighted by molar-refractivity contribution is 5.97. The number of amides is 1. The first-order valence-electron chi connectivity index (χ1n) is 9.97. The smallest absolute Gasteiger partial charge is 0.313 e. The van der Waals surface area contributed by atoms with E-state index in [0.29, 0.717) is 22.5 Å². The number of para-hydroxylation sites is 1. The number of benzene rings is 3. The molecule has 1 N–H and O–H groups in total. The summed E-state index contributed by atoms with van der Waals surface area (Å²) in [6.45, 7) is 3.86. The predicted molar refractivity (Wildman–Crippen MR) is 118 cm³/mol. The fourth-order valence-corrected chi connectivity index (χ4v) is 3.34. The number of fused-ring (bicyclic) bond motifs is 1. The molecule has 0 saturated heterocycles. The molecule has 0 spiro atoms. The van der Waals surface area contributed by atoms with Gasteiger partial charge in [-0.2, -0.15) is 0 Å². The third-order valence-electron chi connectivity index (χ3n) is 5.00. The van der Waals surface area contributed by atoms with E-state index in [9.17, 15) is 9.59 Å². The van der Waals surface area contributed by atoms with Gasteiger partial charge >= 0.3 is 5.97 Å². The van der Waals surface area contributed by atoms with Crippen molar-refractivity contribution in [1.82, 2.24) is 5.16 Å². The number of aryl methyl sites for hydroxylation is 2. The summed E-state index contributed by atoms with van der Waals surface area (Å²) >= 11 is 0. The Hall–Kier alpha value is -3.93. The second-order valence-corrected chi connectivity index (χ2v) is 7.39. The lowest BCUT2D eigenvalue weighted by Crippen LogP contribution is -2.26. The van der Waals surface area contributed by atoms with Gasteiger partial charge in [-0.3, -0.25) is 9.59 Å². The van der Waals surface area contributed by atoms with Gasteiger partial charge in [0, 0.05) is 16.6 Å². The van der Waals surface area contributed by atoms with Crippen molar-refractivity contribution < 1.29 is 18.8 Å². The monoisotopic (exact) mass is 414 g/mol. The van der Waals surface area contributed by atoms with E-state index in [4.69, 9.17) is 9.26 Å². The molecule has 1 amide bonds. The lowest BCUT2D eigenvalue weighted by Gasteiger charge is -2.19. The molecule has 3 aromatic carbocycles. The average molecular weight is 414 g/mol. The molecule has 0 aliphatic carbocycles. The van der Waals surface area contributed by atoms with Crippen molar-refractivity contribution in [3.8, 4) is 0 Å². The molecule has 0 radical (unpaired) electrons. The molecule has 0 bridgehead atoms. The summed E-state index contributed by atoms with van der Waals surface area (Å²) in [6, 6.07) is 22.0. The van der Waals surface area contributed by atoms with Gasteiger partial charge in [0.05, 0.1) is 6.42 Å². The third-order valence-corrected chi connectivity index (χ3v) is 5.00. The summed E-state index contributed by atoms with van der Waals surface area (Å²) < 4.78 is 10.9. The number of nitrogens with zero attached hydrogens (tertiary/aromatic N) is 1. The van der Waals surface area contributed by atoms with Crippen LogP contribution in [0, 0.1) is 13.8 Å². The normalized spacial score (nSPS) is 11.8. The fraction of sp³-hybridized carbons (Fsp3) is 0.160. The van der Waals surface area contributed by atoms with Crippen molar-refractivity contribution in [2.75, 3.05) is 5.32 Å². The Morgan fingerprint density at radius 3 is 2.55 bits per heavy atom. The third kappa shape index (κ3) is 4.64. The van der Waals surface area contributed by atoms with Gasteiger partial charge in [-0.05, 0) is 43.2 Å². The van der Waals surface area contributed by atoms with Gasteiger partial charge in [-0.25, -0.2) is 0 Å². The van der Waals surface area contributed by atoms with E-state index in [0.717, 1.165) is 16.5 Å². The first-order valence-corrected chi connectivity index (χ1v) is 9.97. The SMILES string of the molecule is Cc1ccc(C)c(NC(=O)[C@H](OC(=O)Cc2noc3ccccc23)c2ccccc2)c1. The van der Waals surface area contributed by atoms with Crippen LogP contribution < -0.4 is 5.32 Å². The van der Waals surface area contributed by atoms with Crippen molar-refractivity contribution in [2.45, 2.75) is 26.4 Å². The molecule has 0 fully saturated rings. The first-order chi connectivity index (χ1) is 15.0. The Balaban J connectivity index is 1.56. The van der Waals surface area contributed by atoms with E-state index in [-0.39, 0.29) is 6.42 Å². The maximum atomic E-state index is 13.1. The van der Waals surface area contributed by atoms with Crippen molar-refractivity contribution in [3.63, 3.8) is 0 Å². The molecule has 6 heteroatoms. The Morgan fingerprint density at radius 2 is 1.74 bits per heavy atom. The number of carbonyl (C=O) groups is 2. The van der Waals surface area contributed by atoms with Gasteiger partial charge in [-0.15, -0.1) is 0 Å². The average Bonchev–Trinajstić information content (AvgIpc) is 3.18. The number of nitrogens with one attached hydrogen (secondary N) is 1. The predicted octanol–water partition coefficient (Wildman–Crippen LogP) is 4.91. The second-order valence-electron chi connectivity index (χ2n) is 7.39. The maximum Gasteiger partial charge on any atom is 0.313 e. The molecule has 4 aromatic rings. The highest BCUT2D eigenvalue weighted by Crippen LogP contribution is 2.24. The zero-order valence-electron chi connectivity index (χ0n) is 17.3. The van der Waals surface area contributed by atoms with E-state index in [1.165, 1.54) is 0 Å². The van der Waals surface area contributed by atoms with E-state index in [2.05, 4.69) is 10.5 Å². The molecule has 156 valence electrons. The van der Waals surface area contributed by atoms with Crippen LogP contribution in [0.2, 0.25) is 0 Å². The Kier molecular flexibility index (Phi) is 5.80. The maximum absolute atomic E-state index is 13.1. The minimum absolute atomic E-state index is 0.100. The first kappa shape index (κ1) is 20.3. The Labute approximate surface area is 179 Å². The molecule has 31 heavy (non-hydrogen) atoms. The lowest BCUT2D eigenvalue weighted by molar-refractivity contribution is -0.154. The van der Waals surface area contributed by atoms with Gasteiger partial charge < -0.3 is 14.6 Å². The van der Waals surface area contributed by atoms with Crippen molar-refractivity contribution >= 4 is 28.5 Å². The highest BCUT2D eigenvalue weighted by Gasteiger charge is 2.26. The summed E-state index contributed by atoms with van der Waals surface area (Å²) in [7, 11) is 0. The van der Waals surface area contributed by atoms with E-state index < -0.39 is 18.0 Å². The summed E-state index contributed by atoms with van der Waals surface area (Å²) in [4.78, 5) is 25.8. The molecular formula is C25H22N2O4. The summed E-state index contributed by atoms with van der Waals surface area (Å²) in [6.07, 6.45) is -1.19. The number of hydrogen-bond donors (Lipinski definition) is 1. The van der Waals surface area contributed by atoms with Crippen LogP contribution >= 0.6 is 0 Å². The fourth-order valence-electron chi connectivity index (χ4n) is 3.34. The minimum Gasteiger partial charge on any atom is -0.447 e. The van der Waals surface area contributed by atoms with E-state index >= 15 is 0 Å². The molecule has 4 rings (SSSR count). The summed E-state index contributed by atoms with van der Waals surface area (Å²) in [5.74, 6) is -0.984. The molecule has 0 saturated carbocycles. The number of hydrogen-bond acceptors (Lipinski definition) is 5. The Bertz CT molecular complexity index is 1230. The molecule has 1 atom stereocenters. The number of carbonyl (C=O) groups excluding carboxylic acids is 2. The lowest BCUT2D eigenvalue weighted by atomic mass is 10.1. The van der Waals surface area contributed by atoms with Crippen LogP contribution in [0.1, 0.15) is 28.5 Å². The largest absolute Gasteiger partial charge is 0.447 e. The van der Waals surface area contributed by atoms with Crippen LogP contribution in [0.15, 0.2) is 77.3 Å². The molecule has 1 aromatic heterocycles. The summed E-state index contributed by atoms with van der Waals surface area (Å²) in [5.41, 5.74) is 4.28. The van der Waals surface area contributed by atoms with Crippen LogP contribution in [0.4, 0.5) is 5.69 Å². The van der Waals surface area contributed by atoms with E-state index in [1.54, 1.807) is 30.3 Å². The van der Waals surface area contributed by atoms with E-state index in [1.807, 2.05) is 56.3 Å².